The van der Waals surface area contributed by atoms with Gasteiger partial charge in [0.15, 0.2) is 0 Å². The van der Waals surface area contributed by atoms with Crippen LogP contribution in [-0.4, -0.2) is 37.9 Å². The van der Waals surface area contributed by atoms with E-state index < -0.39 is 5.60 Å². The fourth-order valence-electron chi connectivity index (χ4n) is 1.11. The molecule has 15 heavy (non-hydrogen) atoms. The van der Waals surface area contributed by atoms with Crippen molar-refractivity contribution >= 4 is 5.97 Å². The number of hydrogen-bond acceptors (Lipinski definition) is 4. The van der Waals surface area contributed by atoms with E-state index in [1.807, 2.05) is 27.7 Å². The molecule has 0 radical (unpaired) electrons. The molecule has 0 heterocycles. The lowest BCUT2D eigenvalue weighted by atomic mass is 10.2. The molecule has 90 valence electrons. The SMILES string of the molecule is COCCNC(C)CC(=O)OC(C)(C)C. The van der Waals surface area contributed by atoms with Crippen LogP contribution in [0.1, 0.15) is 34.1 Å². The standard InChI is InChI=1S/C11H23NO3/c1-9(12-6-7-14-5)8-10(13)15-11(2,3)4/h9,12H,6-8H2,1-5H3. The van der Waals surface area contributed by atoms with Crippen molar-refractivity contribution < 1.29 is 14.3 Å². The van der Waals surface area contributed by atoms with Gasteiger partial charge >= 0.3 is 5.97 Å². The van der Waals surface area contributed by atoms with Gasteiger partial charge in [-0.2, -0.15) is 0 Å². The lowest BCUT2D eigenvalue weighted by Crippen LogP contribution is -2.33. The molecular weight excluding hydrogens is 194 g/mol. The Morgan fingerprint density at radius 2 is 2.00 bits per heavy atom. The summed E-state index contributed by atoms with van der Waals surface area (Å²) in [6.07, 6.45) is 0.390. The number of carbonyl (C=O) groups excluding carboxylic acids is 1. The molecule has 0 spiro atoms. The zero-order valence-electron chi connectivity index (χ0n) is 10.4. The Kier molecular flexibility index (Phi) is 6.52. The maximum atomic E-state index is 11.4. The van der Waals surface area contributed by atoms with E-state index in [1.54, 1.807) is 7.11 Å². The molecule has 0 saturated heterocycles. The number of methoxy groups -OCH3 is 1. The molecule has 1 N–H and O–H groups in total. The Morgan fingerprint density at radius 3 is 2.47 bits per heavy atom. The molecule has 1 atom stereocenters. The van der Waals surface area contributed by atoms with Gasteiger partial charge in [-0.1, -0.05) is 0 Å². The molecule has 0 aromatic carbocycles. The van der Waals surface area contributed by atoms with Gasteiger partial charge in [-0.05, 0) is 27.7 Å². The minimum atomic E-state index is -0.399. The number of esters is 1. The molecule has 0 aliphatic carbocycles. The first-order valence-corrected chi connectivity index (χ1v) is 5.29. The summed E-state index contributed by atoms with van der Waals surface area (Å²) in [6.45, 7) is 8.97. The number of carbonyl (C=O) groups is 1. The molecule has 4 heteroatoms. The molecule has 0 aromatic heterocycles. The van der Waals surface area contributed by atoms with Crippen molar-refractivity contribution in [3.05, 3.63) is 0 Å². The highest BCUT2D eigenvalue weighted by Gasteiger charge is 2.17. The number of ether oxygens (including phenoxy) is 2. The van der Waals surface area contributed by atoms with E-state index in [0.717, 1.165) is 6.54 Å². The van der Waals surface area contributed by atoms with E-state index in [4.69, 9.17) is 9.47 Å². The second-order valence-corrected chi connectivity index (χ2v) is 4.64. The highest BCUT2D eigenvalue weighted by Crippen LogP contribution is 2.08. The van der Waals surface area contributed by atoms with E-state index in [9.17, 15) is 4.79 Å². The maximum Gasteiger partial charge on any atom is 0.307 e. The normalized spacial score (nSPS) is 13.7. The summed E-state index contributed by atoms with van der Waals surface area (Å²) in [4.78, 5) is 11.4. The van der Waals surface area contributed by atoms with E-state index in [2.05, 4.69) is 5.32 Å². The smallest absolute Gasteiger partial charge is 0.307 e. The number of rotatable bonds is 6. The Balaban J connectivity index is 3.67. The fourth-order valence-corrected chi connectivity index (χ4v) is 1.11. The van der Waals surface area contributed by atoms with Crippen LogP contribution >= 0.6 is 0 Å². The third kappa shape index (κ3) is 9.69. The summed E-state index contributed by atoms with van der Waals surface area (Å²) in [6, 6.07) is 0.120. The lowest BCUT2D eigenvalue weighted by molar-refractivity contribution is -0.155. The molecule has 0 saturated carbocycles. The van der Waals surface area contributed by atoms with Gasteiger partial charge in [-0.3, -0.25) is 4.79 Å². The Morgan fingerprint density at radius 1 is 1.40 bits per heavy atom. The minimum absolute atomic E-state index is 0.120. The van der Waals surface area contributed by atoms with Crippen LogP contribution in [-0.2, 0) is 14.3 Å². The van der Waals surface area contributed by atoms with Crippen LogP contribution < -0.4 is 5.32 Å². The largest absolute Gasteiger partial charge is 0.460 e. The molecule has 0 bridgehead atoms. The van der Waals surface area contributed by atoms with Crippen LogP contribution in [0.3, 0.4) is 0 Å². The summed E-state index contributed by atoms with van der Waals surface area (Å²) in [5, 5.41) is 3.17. The topological polar surface area (TPSA) is 47.6 Å². The zero-order chi connectivity index (χ0) is 11.9. The predicted molar refractivity (Wildman–Crippen MR) is 59.8 cm³/mol. The van der Waals surface area contributed by atoms with Gasteiger partial charge in [0.2, 0.25) is 0 Å². The molecule has 0 aromatic rings. The van der Waals surface area contributed by atoms with Gasteiger partial charge in [0.25, 0.3) is 0 Å². The second-order valence-electron chi connectivity index (χ2n) is 4.64. The first-order chi connectivity index (χ1) is 6.85. The molecule has 0 rings (SSSR count). The molecular formula is C11H23NO3. The third-order valence-corrected chi connectivity index (χ3v) is 1.69. The first-order valence-electron chi connectivity index (χ1n) is 5.29. The van der Waals surface area contributed by atoms with Crippen molar-refractivity contribution in [2.75, 3.05) is 20.3 Å². The Bertz CT molecular complexity index is 187. The van der Waals surface area contributed by atoms with Crippen LogP contribution in [0.4, 0.5) is 0 Å². The lowest BCUT2D eigenvalue weighted by Gasteiger charge is -2.21. The summed E-state index contributed by atoms with van der Waals surface area (Å²) in [5.74, 6) is -0.167. The van der Waals surface area contributed by atoms with Gasteiger partial charge < -0.3 is 14.8 Å². The number of hydrogen-bond donors (Lipinski definition) is 1. The molecule has 1 unspecified atom stereocenters. The van der Waals surface area contributed by atoms with Crippen molar-refractivity contribution in [2.24, 2.45) is 0 Å². The molecule has 0 aliphatic rings. The quantitative estimate of drug-likeness (QED) is 0.539. The van der Waals surface area contributed by atoms with Gasteiger partial charge in [0.05, 0.1) is 13.0 Å². The summed E-state index contributed by atoms with van der Waals surface area (Å²) < 4.78 is 10.1. The van der Waals surface area contributed by atoms with E-state index >= 15 is 0 Å². The Hall–Kier alpha value is -0.610. The van der Waals surface area contributed by atoms with Crippen molar-refractivity contribution in [3.8, 4) is 0 Å². The van der Waals surface area contributed by atoms with Crippen LogP contribution in [0.15, 0.2) is 0 Å². The van der Waals surface area contributed by atoms with Gasteiger partial charge in [0.1, 0.15) is 5.60 Å². The highest BCUT2D eigenvalue weighted by atomic mass is 16.6. The van der Waals surface area contributed by atoms with Crippen LogP contribution in [0.25, 0.3) is 0 Å². The van der Waals surface area contributed by atoms with Crippen molar-refractivity contribution in [2.45, 2.75) is 45.8 Å². The predicted octanol–water partition coefficient (Wildman–Crippen LogP) is 1.34. The third-order valence-electron chi connectivity index (χ3n) is 1.69. The van der Waals surface area contributed by atoms with Gasteiger partial charge in [-0.15, -0.1) is 0 Å². The van der Waals surface area contributed by atoms with Gasteiger partial charge in [0, 0.05) is 19.7 Å². The monoisotopic (exact) mass is 217 g/mol. The molecule has 0 amide bonds. The summed E-state index contributed by atoms with van der Waals surface area (Å²) in [7, 11) is 1.65. The molecule has 0 aliphatic heterocycles. The highest BCUT2D eigenvalue weighted by molar-refractivity contribution is 5.70. The molecule has 4 nitrogen and oxygen atoms in total. The average Bonchev–Trinajstić information content (AvgIpc) is 2.00. The summed E-state index contributed by atoms with van der Waals surface area (Å²) >= 11 is 0. The Labute approximate surface area is 92.3 Å². The van der Waals surface area contributed by atoms with Crippen molar-refractivity contribution in [1.82, 2.24) is 5.32 Å². The van der Waals surface area contributed by atoms with Crippen LogP contribution in [0.5, 0.6) is 0 Å². The summed E-state index contributed by atoms with van der Waals surface area (Å²) in [5.41, 5.74) is -0.399. The first kappa shape index (κ1) is 14.4. The minimum Gasteiger partial charge on any atom is -0.460 e. The zero-order valence-corrected chi connectivity index (χ0v) is 10.4. The maximum absolute atomic E-state index is 11.4. The fraction of sp³-hybridized carbons (Fsp3) is 0.909. The van der Waals surface area contributed by atoms with Crippen molar-refractivity contribution in [3.63, 3.8) is 0 Å². The molecule has 0 fully saturated rings. The van der Waals surface area contributed by atoms with E-state index in [1.165, 1.54) is 0 Å². The van der Waals surface area contributed by atoms with Gasteiger partial charge in [-0.25, -0.2) is 0 Å². The van der Waals surface area contributed by atoms with Crippen LogP contribution in [0, 0.1) is 0 Å². The van der Waals surface area contributed by atoms with Crippen LogP contribution in [0.2, 0.25) is 0 Å². The van der Waals surface area contributed by atoms with E-state index in [-0.39, 0.29) is 12.0 Å². The van der Waals surface area contributed by atoms with Crippen molar-refractivity contribution in [1.29, 1.82) is 0 Å². The second kappa shape index (κ2) is 6.80. The number of nitrogens with one attached hydrogen (secondary N) is 1. The average molecular weight is 217 g/mol. The van der Waals surface area contributed by atoms with E-state index in [0.29, 0.717) is 13.0 Å².